The number of carbonyl (C=O) groups is 3. The predicted octanol–water partition coefficient (Wildman–Crippen LogP) is -0.206. The van der Waals surface area contributed by atoms with Crippen LogP contribution in [-0.2, 0) is 14.3 Å². The van der Waals surface area contributed by atoms with Crippen molar-refractivity contribution in [2.45, 2.75) is 12.0 Å². The number of rotatable bonds is 7. The molecule has 1 aliphatic rings. The highest BCUT2D eigenvalue weighted by Crippen LogP contribution is 2.27. The van der Waals surface area contributed by atoms with E-state index >= 15 is 0 Å². The predicted molar refractivity (Wildman–Crippen MR) is 85.8 cm³/mol. The van der Waals surface area contributed by atoms with E-state index in [0.717, 1.165) is 0 Å². The van der Waals surface area contributed by atoms with Gasteiger partial charge in [-0.3, -0.25) is 9.59 Å². The molecular weight excluding hydrogens is 332 g/mol. The summed E-state index contributed by atoms with van der Waals surface area (Å²) in [5, 5.41) is 14.1. The topological polar surface area (TPSA) is 123 Å². The fraction of sp³-hybridized carbons (Fsp3) is 0.438. The lowest BCUT2D eigenvalue weighted by atomic mass is 9.99. The summed E-state index contributed by atoms with van der Waals surface area (Å²) < 4.78 is 15.3. The van der Waals surface area contributed by atoms with Crippen LogP contribution >= 0.6 is 0 Å². The Morgan fingerprint density at radius 3 is 2.52 bits per heavy atom. The van der Waals surface area contributed by atoms with Crippen LogP contribution in [0.15, 0.2) is 18.2 Å². The molecule has 0 saturated carbocycles. The maximum Gasteiger partial charge on any atom is 0.331 e. The van der Waals surface area contributed by atoms with Gasteiger partial charge in [-0.05, 0) is 18.2 Å². The minimum absolute atomic E-state index is 0.0995. The number of hydrogen-bond donors (Lipinski definition) is 3. The van der Waals surface area contributed by atoms with Crippen LogP contribution in [-0.4, -0.2) is 62.4 Å². The molecule has 0 spiro atoms. The van der Waals surface area contributed by atoms with Crippen LogP contribution in [0.5, 0.6) is 11.5 Å². The molecule has 9 heteroatoms. The van der Waals surface area contributed by atoms with Crippen molar-refractivity contribution in [3.63, 3.8) is 0 Å². The Kier molecular flexibility index (Phi) is 5.81. The van der Waals surface area contributed by atoms with Crippen molar-refractivity contribution >= 4 is 17.8 Å². The second-order valence-electron chi connectivity index (χ2n) is 5.49. The molecule has 3 N–H and O–H groups in total. The van der Waals surface area contributed by atoms with Crippen molar-refractivity contribution in [2.75, 3.05) is 34.0 Å². The van der Waals surface area contributed by atoms with Crippen molar-refractivity contribution in [3.8, 4) is 11.5 Å². The maximum absolute atomic E-state index is 12.1. The van der Waals surface area contributed by atoms with E-state index < -0.39 is 23.3 Å². The number of benzene rings is 1. The van der Waals surface area contributed by atoms with Gasteiger partial charge in [-0.25, -0.2) is 4.79 Å². The van der Waals surface area contributed by atoms with Crippen LogP contribution in [0.4, 0.5) is 0 Å². The van der Waals surface area contributed by atoms with Gasteiger partial charge in [0.15, 0.2) is 17.0 Å². The molecule has 0 aromatic heterocycles. The molecule has 9 nitrogen and oxygen atoms in total. The molecule has 25 heavy (non-hydrogen) atoms. The normalized spacial score (nSPS) is 19.1. The molecule has 1 saturated heterocycles. The van der Waals surface area contributed by atoms with Crippen LogP contribution in [0.3, 0.4) is 0 Å². The summed E-state index contributed by atoms with van der Waals surface area (Å²) in [5.41, 5.74) is -1.16. The number of carboxylic acids is 1. The Labute approximate surface area is 144 Å². The average Bonchev–Trinajstić information content (AvgIpc) is 3.08. The maximum atomic E-state index is 12.1. The van der Waals surface area contributed by atoms with Crippen LogP contribution in [0.1, 0.15) is 16.8 Å². The van der Waals surface area contributed by atoms with E-state index in [9.17, 15) is 19.5 Å². The Hall–Kier alpha value is -2.81. The summed E-state index contributed by atoms with van der Waals surface area (Å²) in [7, 11) is 2.93. The molecule has 1 atom stereocenters. The van der Waals surface area contributed by atoms with Crippen molar-refractivity contribution in [1.82, 2.24) is 10.6 Å². The van der Waals surface area contributed by atoms with Crippen molar-refractivity contribution < 1.29 is 33.7 Å². The summed E-state index contributed by atoms with van der Waals surface area (Å²) in [5.74, 6) is -1.41. The van der Waals surface area contributed by atoms with E-state index in [-0.39, 0.29) is 31.7 Å². The first-order chi connectivity index (χ1) is 11.9. The fourth-order valence-electron chi connectivity index (χ4n) is 2.44. The molecule has 1 fully saturated rings. The molecule has 0 radical (unpaired) electrons. The Morgan fingerprint density at radius 2 is 1.96 bits per heavy atom. The Morgan fingerprint density at radius 1 is 1.24 bits per heavy atom. The van der Waals surface area contributed by atoms with Gasteiger partial charge in [0.2, 0.25) is 5.91 Å². The quantitative estimate of drug-likeness (QED) is 0.620. The first kappa shape index (κ1) is 18.5. The van der Waals surface area contributed by atoms with Gasteiger partial charge in [-0.1, -0.05) is 0 Å². The number of amides is 2. The third kappa shape index (κ3) is 4.18. The van der Waals surface area contributed by atoms with E-state index in [4.69, 9.17) is 14.2 Å². The highest BCUT2D eigenvalue weighted by atomic mass is 16.5. The molecule has 2 amide bonds. The summed E-state index contributed by atoms with van der Waals surface area (Å²) in [6.45, 7) is -0.204. The molecule has 1 aromatic carbocycles. The van der Waals surface area contributed by atoms with E-state index in [0.29, 0.717) is 11.5 Å². The molecule has 136 valence electrons. The zero-order chi connectivity index (χ0) is 18.4. The number of ether oxygens (including phenoxy) is 3. The number of hydrogen-bond acceptors (Lipinski definition) is 6. The Balaban J connectivity index is 1.95. The highest BCUT2D eigenvalue weighted by molar-refractivity contribution is 5.97. The smallest absolute Gasteiger partial charge is 0.331 e. The van der Waals surface area contributed by atoms with Gasteiger partial charge < -0.3 is 30.0 Å². The lowest BCUT2D eigenvalue weighted by Crippen LogP contribution is -2.57. The van der Waals surface area contributed by atoms with Crippen molar-refractivity contribution in [1.29, 1.82) is 0 Å². The van der Waals surface area contributed by atoms with E-state index in [1.54, 1.807) is 6.07 Å². The summed E-state index contributed by atoms with van der Waals surface area (Å²) in [4.78, 5) is 35.5. The number of aliphatic carboxylic acids is 1. The third-order valence-electron chi connectivity index (χ3n) is 3.86. The van der Waals surface area contributed by atoms with Crippen LogP contribution in [0.2, 0.25) is 0 Å². The van der Waals surface area contributed by atoms with Gasteiger partial charge in [0.25, 0.3) is 5.91 Å². The molecular formula is C16H20N2O7. The SMILES string of the molecule is COc1ccc(C(=O)NCC(=O)NC2(C(=O)O)CCOC2)cc1OC. The van der Waals surface area contributed by atoms with E-state index in [1.807, 2.05) is 0 Å². The molecule has 0 aliphatic carbocycles. The van der Waals surface area contributed by atoms with Crippen LogP contribution < -0.4 is 20.1 Å². The number of carbonyl (C=O) groups excluding carboxylic acids is 2. The lowest BCUT2D eigenvalue weighted by molar-refractivity contribution is -0.147. The summed E-state index contributed by atoms with van der Waals surface area (Å²) >= 11 is 0. The first-order valence-corrected chi connectivity index (χ1v) is 7.54. The standard InChI is InChI=1S/C16H20N2O7/c1-23-11-4-3-10(7-12(11)24-2)14(20)17-8-13(19)18-16(15(21)22)5-6-25-9-16/h3-4,7H,5-6,8-9H2,1-2H3,(H,17,20)(H,18,19)(H,21,22). The minimum Gasteiger partial charge on any atom is -0.493 e. The van der Waals surface area contributed by atoms with Crippen LogP contribution in [0.25, 0.3) is 0 Å². The highest BCUT2D eigenvalue weighted by Gasteiger charge is 2.43. The molecule has 1 unspecified atom stereocenters. The fourth-order valence-corrected chi connectivity index (χ4v) is 2.44. The second kappa shape index (κ2) is 7.84. The van der Waals surface area contributed by atoms with Gasteiger partial charge in [0, 0.05) is 18.6 Å². The lowest BCUT2D eigenvalue weighted by Gasteiger charge is -2.23. The number of carboxylic acid groups (broad SMARTS) is 1. The first-order valence-electron chi connectivity index (χ1n) is 7.54. The monoisotopic (exact) mass is 352 g/mol. The minimum atomic E-state index is -1.44. The average molecular weight is 352 g/mol. The molecule has 2 rings (SSSR count). The van der Waals surface area contributed by atoms with Crippen LogP contribution in [0, 0.1) is 0 Å². The molecule has 1 aromatic rings. The molecule has 1 heterocycles. The van der Waals surface area contributed by atoms with Gasteiger partial charge >= 0.3 is 5.97 Å². The van der Waals surface area contributed by atoms with E-state index in [2.05, 4.69) is 10.6 Å². The summed E-state index contributed by atoms with van der Waals surface area (Å²) in [6, 6.07) is 4.58. The number of nitrogens with one attached hydrogen (secondary N) is 2. The van der Waals surface area contributed by atoms with Crippen molar-refractivity contribution in [3.05, 3.63) is 23.8 Å². The van der Waals surface area contributed by atoms with E-state index in [1.165, 1.54) is 26.4 Å². The van der Waals surface area contributed by atoms with Gasteiger partial charge in [-0.2, -0.15) is 0 Å². The zero-order valence-electron chi connectivity index (χ0n) is 14.0. The molecule has 0 bridgehead atoms. The van der Waals surface area contributed by atoms with Gasteiger partial charge in [0.1, 0.15) is 0 Å². The zero-order valence-corrected chi connectivity index (χ0v) is 14.0. The van der Waals surface area contributed by atoms with Crippen molar-refractivity contribution in [2.24, 2.45) is 0 Å². The largest absolute Gasteiger partial charge is 0.493 e. The Bertz CT molecular complexity index is 668. The third-order valence-corrected chi connectivity index (χ3v) is 3.86. The van der Waals surface area contributed by atoms with Gasteiger partial charge in [-0.15, -0.1) is 0 Å². The number of methoxy groups -OCH3 is 2. The molecule has 1 aliphatic heterocycles. The second-order valence-corrected chi connectivity index (χ2v) is 5.49. The summed E-state index contributed by atoms with van der Waals surface area (Å²) in [6.07, 6.45) is 0.178. The van der Waals surface area contributed by atoms with Gasteiger partial charge in [0.05, 0.1) is 27.4 Å².